The molecule has 0 bridgehead atoms. The van der Waals surface area contributed by atoms with E-state index < -0.39 is 4.92 Å². The summed E-state index contributed by atoms with van der Waals surface area (Å²) in [5.41, 5.74) is 6.19. The summed E-state index contributed by atoms with van der Waals surface area (Å²) >= 11 is 0. The normalized spacial score (nSPS) is 14.4. The highest BCUT2D eigenvalue weighted by Crippen LogP contribution is 2.31. The molecule has 6 nitrogen and oxygen atoms in total. The minimum atomic E-state index is -0.454. The Labute approximate surface area is 107 Å². The molecule has 0 saturated heterocycles. The Bertz CT molecular complexity index is 428. The highest BCUT2D eigenvalue weighted by molar-refractivity contribution is 5.56. The number of aromatic nitrogens is 2. The van der Waals surface area contributed by atoms with Gasteiger partial charge in [0.1, 0.15) is 5.69 Å². The Kier molecular flexibility index (Phi) is 4.69. The average molecular weight is 254 g/mol. The molecule has 0 spiro atoms. The summed E-state index contributed by atoms with van der Waals surface area (Å²) in [6.07, 6.45) is 2.89. The van der Waals surface area contributed by atoms with E-state index in [-0.39, 0.29) is 17.5 Å². The van der Waals surface area contributed by atoms with Gasteiger partial charge in [-0.05, 0) is 25.7 Å². The van der Waals surface area contributed by atoms with E-state index in [4.69, 9.17) is 5.73 Å². The number of aryl methyl sites for hydroxylation is 1. The molecule has 2 N–H and O–H groups in total. The van der Waals surface area contributed by atoms with Crippen LogP contribution in [0.3, 0.4) is 0 Å². The minimum absolute atomic E-state index is 0.0578. The summed E-state index contributed by atoms with van der Waals surface area (Å²) < 4.78 is 1.62. The van der Waals surface area contributed by atoms with Crippen molar-refractivity contribution in [1.29, 1.82) is 0 Å². The van der Waals surface area contributed by atoms with Crippen molar-refractivity contribution < 1.29 is 4.92 Å². The van der Waals surface area contributed by atoms with Gasteiger partial charge in [0, 0.05) is 0 Å². The molecule has 1 heterocycles. The summed E-state index contributed by atoms with van der Waals surface area (Å²) in [7, 11) is 0. The molecular formula is C12H22N4O2. The van der Waals surface area contributed by atoms with Crippen molar-refractivity contribution in [1.82, 2.24) is 9.78 Å². The van der Waals surface area contributed by atoms with Crippen molar-refractivity contribution in [2.45, 2.75) is 53.0 Å². The van der Waals surface area contributed by atoms with Crippen LogP contribution in [0.25, 0.3) is 0 Å². The molecule has 2 atom stereocenters. The molecule has 1 aromatic rings. The van der Waals surface area contributed by atoms with E-state index in [1.165, 1.54) is 0 Å². The maximum Gasteiger partial charge on any atom is 0.333 e. The molecule has 2 unspecified atom stereocenters. The standard InChI is InChI=1S/C12H22N4O2/c1-5-8(3)7-10(6-2)15-12(13)11(16(17)18)9(4)14-15/h8,10H,5-7,13H2,1-4H3. The zero-order valence-corrected chi connectivity index (χ0v) is 11.5. The summed E-state index contributed by atoms with van der Waals surface area (Å²) in [4.78, 5) is 10.5. The molecule has 0 aliphatic rings. The van der Waals surface area contributed by atoms with Crippen LogP contribution >= 0.6 is 0 Å². The first-order chi connectivity index (χ1) is 8.42. The van der Waals surface area contributed by atoms with Gasteiger partial charge in [0.15, 0.2) is 0 Å². The fourth-order valence-corrected chi connectivity index (χ4v) is 2.13. The van der Waals surface area contributed by atoms with Crippen LogP contribution in [0.1, 0.15) is 51.8 Å². The first-order valence-electron chi connectivity index (χ1n) is 6.41. The van der Waals surface area contributed by atoms with Gasteiger partial charge in [-0.3, -0.25) is 10.1 Å². The molecule has 1 rings (SSSR count). The monoisotopic (exact) mass is 254 g/mol. The van der Waals surface area contributed by atoms with Crippen LogP contribution in [-0.2, 0) is 0 Å². The molecule has 18 heavy (non-hydrogen) atoms. The minimum Gasteiger partial charge on any atom is -0.378 e. The first-order valence-corrected chi connectivity index (χ1v) is 6.41. The summed E-state index contributed by atoms with van der Waals surface area (Å²) in [5, 5.41) is 15.2. The molecule has 1 aromatic heterocycles. The first kappa shape index (κ1) is 14.5. The van der Waals surface area contributed by atoms with Gasteiger partial charge in [-0.25, -0.2) is 4.68 Å². The average Bonchev–Trinajstić information content (AvgIpc) is 2.61. The Morgan fingerprint density at radius 3 is 2.44 bits per heavy atom. The molecule has 6 heteroatoms. The lowest BCUT2D eigenvalue weighted by molar-refractivity contribution is -0.384. The zero-order chi connectivity index (χ0) is 13.9. The molecule has 102 valence electrons. The highest BCUT2D eigenvalue weighted by Gasteiger charge is 2.26. The maximum atomic E-state index is 10.9. The number of anilines is 1. The van der Waals surface area contributed by atoms with Gasteiger partial charge >= 0.3 is 5.69 Å². The van der Waals surface area contributed by atoms with E-state index in [1.807, 2.05) is 0 Å². The molecule has 0 fully saturated rings. The number of hydrogen-bond donors (Lipinski definition) is 1. The van der Waals surface area contributed by atoms with Crippen LogP contribution in [0.4, 0.5) is 11.5 Å². The number of nitro groups is 1. The SMILES string of the molecule is CCC(C)CC(CC)n1nc(C)c([N+](=O)[O-])c1N. The number of rotatable bonds is 6. The molecule has 0 aliphatic heterocycles. The summed E-state index contributed by atoms with van der Waals surface area (Å²) in [5.74, 6) is 0.727. The number of nitrogens with two attached hydrogens (primary N) is 1. The maximum absolute atomic E-state index is 10.9. The van der Waals surface area contributed by atoms with Crippen LogP contribution in [0.15, 0.2) is 0 Å². The predicted molar refractivity (Wildman–Crippen MR) is 71.4 cm³/mol. The fourth-order valence-electron chi connectivity index (χ4n) is 2.13. The second kappa shape index (κ2) is 5.84. The zero-order valence-electron chi connectivity index (χ0n) is 11.5. The van der Waals surface area contributed by atoms with Crippen molar-refractivity contribution in [2.75, 3.05) is 5.73 Å². The van der Waals surface area contributed by atoms with E-state index in [0.29, 0.717) is 11.6 Å². The van der Waals surface area contributed by atoms with Crippen molar-refractivity contribution in [3.63, 3.8) is 0 Å². The Morgan fingerprint density at radius 1 is 1.44 bits per heavy atom. The lowest BCUT2D eigenvalue weighted by Gasteiger charge is -2.19. The Hall–Kier alpha value is -1.59. The smallest absolute Gasteiger partial charge is 0.333 e. The molecular weight excluding hydrogens is 232 g/mol. The molecule has 0 aromatic carbocycles. The van der Waals surface area contributed by atoms with Gasteiger partial charge < -0.3 is 5.73 Å². The quantitative estimate of drug-likeness (QED) is 0.624. The van der Waals surface area contributed by atoms with Crippen molar-refractivity contribution in [2.24, 2.45) is 5.92 Å². The van der Waals surface area contributed by atoms with Gasteiger partial charge in [0.25, 0.3) is 0 Å². The molecule has 0 saturated carbocycles. The van der Waals surface area contributed by atoms with E-state index >= 15 is 0 Å². The van der Waals surface area contributed by atoms with Crippen molar-refractivity contribution in [3.8, 4) is 0 Å². The molecule has 0 amide bonds. The van der Waals surface area contributed by atoms with Crippen LogP contribution in [0.2, 0.25) is 0 Å². The van der Waals surface area contributed by atoms with Crippen molar-refractivity contribution in [3.05, 3.63) is 15.8 Å². The van der Waals surface area contributed by atoms with E-state index in [0.717, 1.165) is 19.3 Å². The highest BCUT2D eigenvalue weighted by atomic mass is 16.6. The summed E-state index contributed by atoms with van der Waals surface area (Å²) in [6, 6.07) is 0.132. The second-order valence-corrected chi connectivity index (χ2v) is 4.83. The van der Waals surface area contributed by atoms with E-state index in [1.54, 1.807) is 11.6 Å². The predicted octanol–water partition coefficient (Wildman–Crippen LogP) is 3.07. The Morgan fingerprint density at radius 2 is 2.06 bits per heavy atom. The van der Waals surface area contributed by atoms with E-state index in [9.17, 15) is 10.1 Å². The van der Waals surface area contributed by atoms with Crippen LogP contribution in [0.5, 0.6) is 0 Å². The van der Waals surface area contributed by atoms with Gasteiger partial charge in [0.05, 0.1) is 11.0 Å². The summed E-state index contributed by atoms with van der Waals surface area (Å²) in [6.45, 7) is 7.98. The largest absolute Gasteiger partial charge is 0.378 e. The number of hydrogen-bond acceptors (Lipinski definition) is 4. The van der Waals surface area contributed by atoms with Crippen LogP contribution < -0.4 is 5.73 Å². The fraction of sp³-hybridized carbons (Fsp3) is 0.750. The molecule has 0 radical (unpaired) electrons. The topological polar surface area (TPSA) is 87.0 Å². The van der Waals surface area contributed by atoms with Gasteiger partial charge in [-0.15, -0.1) is 0 Å². The lowest BCUT2D eigenvalue weighted by Crippen LogP contribution is -2.15. The van der Waals surface area contributed by atoms with Gasteiger partial charge in [0.2, 0.25) is 5.82 Å². The van der Waals surface area contributed by atoms with E-state index in [2.05, 4.69) is 25.9 Å². The van der Waals surface area contributed by atoms with Crippen LogP contribution in [-0.4, -0.2) is 14.7 Å². The van der Waals surface area contributed by atoms with Gasteiger partial charge in [-0.1, -0.05) is 27.2 Å². The second-order valence-electron chi connectivity index (χ2n) is 4.83. The number of nitrogen functional groups attached to an aromatic ring is 1. The lowest BCUT2D eigenvalue weighted by atomic mass is 9.98. The number of nitrogens with zero attached hydrogens (tertiary/aromatic N) is 3. The molecule has 0 aliphatic carbocycles. The van der Waals surface area contributed by atoms with Crippen LogP contribution in [0, 0.1) is 23.0 Å². The Balaban J connectivity index is 3.07. The third-order valence-corrected chi connectivity index (χ3v) is 3.46. The van der Waals surface area contributed by atoms with Gasteiger partial charge in [-0.2, -0.15) is 5.10 Å². The van der Waals surface area contributed by atoms with Crippen molar-refractivity contribution >= 4 is 11.5 Å². The third-order valence-electron chi connectivity index (χ3n) is 3.46. The third kappa shape index (κ3) is 2.80.